The van der Waals surface area contributed by atoms with E-state index < -0.39 is 0 Å². The highest BCUT2D eigenvalue weighted by atomic mass is 16.3. The number of para-hydroxylation sites is 1. The number of benzene rings is 5. The van der Waals surface area contributed by atoms with Crippen molar-refractivity contribution in [3.05, 3.63) is 180 Å². The van der Waals surface area contributed by atoms with Crippen LogP contribution in [0.2, 0.25) is 0 Å². The van der Waals surface area contributed by atoms with Crippen LogP contribution in [0.15, 0.2) is 152 Å². The molecule has 0 aliphatic carbocycles. The van der Waals surface area contributed by atoms with Crippen LogP contribution in [0, 0.1) is 0 Å². The molecule has 0 aliphatic rings. The summed E-state index contributed by atoms with van der Waals surface area (Å²) >= 11 is 0. The second-order valence-electron chi connectivity index (χ2n) is 18.3. The fourth-order valence-electron chi connectivity index (χ4n) is 7.19. The lowest BCUT2D eigenvalue weighted by Crippen LogP contribution is -2.20. The average Bonchev–Trinajstić information content (AvgIpc) is 3.18. The lowest BCUT2D eigenvalue weighted by Gasteiger charge is -2.32. The Bertz CT molecular complexity index is 2470. The summed E-state index contributed by atoms with van der Waals surface area (Å²) < 4.78 is 0. The molecule has 7 aromatic rings. The first-order chi connectivity index (χ1) is 27.0. The van der Waals surface area contributed by atoms with Crippen molar-refractivity contribution in [1.29, 1.82) is 0 Å². The summed E-state index contributed by atoms with van der Waals surface area (Å²) in [4.78, 5) is 12.6. The highest BCUT2D eigenvalue weighted by Gasteiger charge is 2.26. The largest absolute Gasteiger partial charge is 0.507 e. The second-order valence-corrected chi connectivity index (χ2v) is 18.3. The van der Waals surface area contributed by atoms with Gasteiger partial charge in [0.25, 0.3) is 0 Å². The van der Waals surface area contributed by atoms with E-state index in [1.54, 1.807) is 6.07 Å². The molecule has 4 nitrogen and oxygen atoms in total. The standard InChI is InChI=1S/C53H55N3O/c1-51(2,3)41-28-40(29-44(33-41)56(50-24-15-16-25-54-50)45-34-42(52(4,5)6)32-43(35-45)53(7,8)9)47-30-39(31-48(55-47)46-22-13-14-23-49(46)57)38-21-17-20-37(27-38)26-36-18-11-10-12-19-36/h10-25,27-35,57H,26H2,1-9H3. The highest BCUT2D eigenvalue weighted by molar-refractivity contribution is 5.83. The minimum absolute atomic E-state index is 0.0631. The molecule has 7 rings (SSSR count). The van der Waals surface area contributed by atoms with E-state index in [0.29, 0.717) is 11.3 Å². The van der Waals surface area contributed by atoms with Crippen molar-refractivity contribution in [3.63, 3.8) is 0 Å². The van der Waals surface area contributed by atoms with Crippen LogP contribution < -0.4 is 4.90 Å². The van der Waals surface area contributed by atoms with E-state index in [1.165, 1.54) is 27.8 Å². The van der Waals surface area contributed by atoms with Crippen molar-refractivity contribution < 1.29 is 5.11 Å². The van der Waals surface area contributed by atoms with E-state index in [2.05, 4.69) is 182 Å². The van der Waals surface area contributed by atoms with Gasteiger partial charge < -0.3 is 5.11 Å². The molecule has 0 saturated heterocycles. The maximum absolute atomic E-state index is 11.1. The van der Waals surface area contributed by atoms with Gasteiger partial charge in [-0.1, -0.05) is 141 Å². The molecule has 0 aliphatic heterocycles. The molecule has 0 atom stereocenters. The van der Waals surface area contributed by atoms with Crippen LogP contribution in [0.5, 0.6) is 5.75 Å². The maximum Gasteiger partial charge on any atom is 0.137 e. The van der Waals surface area contributed by atoms with Crippen molar-refractivity contribution >= 4 is 17.2 Å². The number of nitrogens with zero attached hydrogens (tertiary/aromatic N) is 3. The van der Waals surface area contributed by atoms with Gasteiger partial charge in [0.05, 0.1) is 11.4 Å². The summed E-state index contributed by atoms with van der Waals surface area (Å²) in [6, 6.07) is 51.0. The fourth-order valence-corrected chi connectivity index (χ4v) is 7.19. The van der Waals surface area contributed by atoms with Crippen LogP contribution in [-0.4, -0.2) is 15.1 Å². The molecular formula is C53H55N3O. The van der Waals surface area contributed by atoms with Gasteiger partial charge in [-0.3, -0.25) is 4.90 Å². The Morgan fingerprint density at radius 2 is 1.05 bits per heavy atom. The molecule has 4 heteroatoms. The molecule has 0 fully saturated rings. The molecule has 1 N–H and O–H groups in total. The predicted octanol–water partition coefficient (Wildman–Crippen LogP) is 14.1. The molecule has 0 bridgehead atoms. The summed E-state index contributed by atoms with van der Waals surface area (Å²) in [5.74, 6) is 1.04. The van der Waals surface area contributed by atoms with Crippen molar-refractivity contribution in [2.45, 2.75) is 85.0 Å². The normalized spacial score (nSPS) is 12.1. The zero-order chi connectivity index (χ0) is 40.5. The third-order valence-electron chi connectivity index (χ3n) is 10.6. The first kappa shape index (κ1) is 39.2. The number of pyridine rings is 2. The number of phenolic OH excluding ortho intramolecular Hbond substituents is 1. The molecule has 5 aromatic carbocycles. The SMILES string of the molecule is CC(C)(C)c1cc(-c2cc(-c3cccc(Cc4ccccc4)c3)cc(-c3ccccc3O)n2)cc(N(c2cc(C(C)(C)C)cc(C(C)(C)C)c2)c2ccccn2)c1. The molecule has 0 amide bonds. The smallest absolute Gasteiger partial charge is 0.137 e. The van der Waals surface area contributed by atoms with E-state index >= 15 is 0 Å². The van der Waals surface area contributed by atoms with E-state index in [-0.39, 0.29) is 22.0 Å². The first-order valence-corrected chi connectivity index (χ1v) is 20.0. The summed E-state index contributed by atoms with van der Waals surface area (Å²) in [6.45, 7) is 20.4. The molecule has 288 valence electrons. The number of rotatable bonds is 8. The molecular weight excluding hydrogens is 695 g/mol. The molecule has 0 saturated carbocycles. The minimum Gasteiger partial charge on any atom is -0.507 e. The zero-order valence-electron chi connectivity index (χ0n) is 34.9. The molecule has 0 unspecified atom stereocenters. The van der Waals surface area contributed by atoms with E-state index in [1.807, 2.05) is 30.5 Å². The van der Waals surface area contributed by atoms with Crippen molar-refractivity contribution in [1.82, 2.24) is 9.97 Å². The summed E-state index contributed by atoms with van der Waals surface area (Å²) in [5.41, 5.74) is 13.3. The highest BCUT2D eigenvalue weighted by Crippen LogP contribution is 2.43. The summed E-state index contributed by atoms with van der Waals surface area (Å²) in [7, 11) is 0. The van der Waals surface area contributed by atoms with Gasteiger partial charge in [-0.15, -0.1) is 0 Å². The second kappa shape index (κ2) is 15.5. The maximum atomic E-state index is 11.1. The van der Waals surface area contributed by atoms with Gasteiger partial charge >= 0.3 is 0 Å². The quantitative estimate of drug-likeness (QED) is 0.168. The van der Waals surface area contributed by atoms with Gasteiger partial charge in [0.1, 0.15) is 11.6 Å². The molecule has 2 heterocycles. The Morgan fingerprint density at radius 1 is 0.474 bits per heavy atom. The van der Waals surface area contributed by atoms with Crippen LogP contribution in [0.1, 0.15) is 90.1 Å². The topological polar surface area (TPSA) is 49.3 Å². The summed E-state index contributed by atoms with van der Waals surface area (Å²) in [5, 5.41) is 11.1. The van der Waals surface area contributed by atoms with Crippen molar-refractivity contribution in [3.8, 4) is 39.4 Å². The van der Waals surface area contributed by atoms with E-state index in [9.17, 15) is 5.11 Å². The number of aromatic hydroxyl groups is 1. The molecule has 0 radical (unpaired) electrons. The van der Waals surface area contributed by atoms with Crippen LogP contribution in [0.25, 0.3) is 33.6 Å². The first-order valence-electron chi connectivity index (χ1n) is 20.0. The number of aromatic nitrogens is 2. The number of hydrogen-bond acceptors (Lipinski definition) is 4. The zero-order valence-corrected chi connectivity index (χ0v) is 34.9. The van der Waals surface area contributed by atoms with Crippen molar-refractivity contribution in [2.75, 3.05) is 4.90 Å². The lowest BCUT2D eigenvalue weighted by molar-refractivity contribution is 0.477. The van der Waals surface area contributed by atoms with Gasteiger partial charge in [-0.25, -0.2) is 9.97 Å². The van der Waals surface area contributed by atoms with Crippen molar-refractivity contribution in [2.24, 2.45) is 0 Å². The third kappa shape index (κ3) is 9.02. The third-order valence-corrected chi connectivity index (χ3v) is 10.6. The van der Waals surface area contributed by atoms with Gasteiger partial charge in [-0.05, 0) is 128 Å². The lowest BCUT2D eigenvalue weighted by atomic mass is 9.80. The van der Waals surface area contributed by atoms with E-state index in [0.717, 1.165) is 46.0 Å². The van der Waals surface area contributed by atoms with Crippen LogP contribution in [0.4, 0.5) is 17.2 Å². The van der Waals surface area contributed by atoms with E-state index in [4.69, 9.17) is 9.97 Å². The summed E-state index contributed by atoms with van der Waals surface area (Å²) in [6.07, 6.45) is 2.71. The van der Waals surface area contributed by atoms with Gasteiger partial charge in [0.2, 0.25) is 0 Å². The fraction of sp³-hybridized carbons (Fsp3) is 0.245. The number of anilines is 3. The Morgan fingerprint density at radius 3 is 1.68 bits per heavy atom. The predicted molar refractivity (Wildman–Crippen MR) is 240 cm³/mol. The van der Waals surface area contributed by atoms with Gasteiger partial charge in [0.15, 0.2) is 0 Å². The Hall–Kier alpha value is -6.00. The average molecular weight is 750 g/mol. The van der Waals surface area contributed by atoms with Crippen LogP contribution >= 0.6 is 0 Å². The van der Waals surface area contributed by atoms with Gasteiger partial charge in [-0.2, -0.15) is 0 Å². The number of phenols is 1. The molecule has 57 heavy (non-hydrogen) atoms. The van der Waals surface area contributed by atoms with Gasteiger partial charge in [0, 0.05) is 28.7 Å². The Labute approximate surface area is 340 Å². The minimum atomic E-state index is -0.172. The Balaban J connectivity index is 1.47. The Kier molecular flexibility index (Phi) is 10.7. The molecule has 2 aromatic heterocycles. The number of hydrogen-bond donors (Lipinski definition) is 1. The van der Waals surface area contributed by atoms with Crippen LogP contribution in [0.3, 0.4) is 0 Å². The van der Waals surface area contributed by atoms with Crippen LogP contribution in [-0.2, 0) is 22.7 Å². The molecule has 0 spiro atoms. The monoisotopic (exact) mass is 749 g/mol.